The first-order valence-electron chi connectivity index (χ1n) is 6.08. The lowest BCUT2D eigenvalue weighted by molar-refractivity contribution is 0.269. The maximum absolute atomic E-state index is 9.15. The van der Waals surface area contributed by atoms with E-state index in [1.54, 1.807) is 0 Å². The summed E-state index contributed by atoms with van der Waals surface area (Å²) in [7, 11) is 0. The first-order valence-corrected chi connectivity index (χ1v) is 6.08. The van der Waals surface area contributed by atoms with Crippen LogP contribution in [0.25, 0.3) is 5.76 Å². The van der Waals surface area contributed by atoms with E-state index in [0.29, 0.717) is 30.8 Å². The fraction of sp³-hybridized carbons (Fsp3) is 0.333. The molecule has 0 heterocycles. The van der Waals surface area contributed by atoms with Crippen LogP contribution in [0.2, 0.25) is 0 Å². The van der Waals surface area contributed by atoms with E-state index >= 15 is 0 Å². The minimum Gasteiger partial charge on any atom is -0.492 e. The van der Waals surface area contributed by atoms with Crippen LogP contribution in [0.15, 0.2) is 29.8 Å². The molecule has 3 heteroatoms. The van der Waals surface area contributed by atoms with Gasteiger partial charge in [0, 0.05) is 12.0 Å². The van der Waals surface area contributed by atoms with Gasteiger partial charge in [0.25, 0.3) is 0 Å². The van der Waals surface area contributed by atoms with Gasteiger partial charge in [0.15, 0.2) is 0 Å². The predicted octanol–water partition coefficient (Wildman–Crippen LogP) is 3.19. The normalized spacial score (nSPS) is 13.4. The lowest BCUT2D eigenvalue weighted by Gasteiger charge is -2.20. The maximum Gasteiger partial charge on any atom is 0.140 e. The smallest absolute Gasteiger partial charge is 0.140 e. The number of rotatable bonds is 4. The van der Waals surface area contributed by atoms with Gasteiger partial charge in [-0.1, -0.05) is 24.3 Å². The summed E-state index contributed by atoms with van der Waals surface area (Å²) in [5, 5.41) is 17.6. The zero-order valence-corrected chi connectivity index (χ0v) is 10.1. The molecule has 0 fully saturated rings. The van der Waals surface area contributed by atoms with E-state index in [4.69, 9.17) is 15.3 Å². The van der Waals surface area contributed by atoms with E-state index in [0.717, 1.165) is 18.4 Å². The van der Waals surface area contributed by atoms with E-state index in [9.17, 15) is 0 Å². The van der Waals surface area contributed by atoms with Crippen molar-refractivity contribution >= 4 is 5.76 Å². The number of hydrogen-bond acceptors (Lipinski definition) is 3. The molecule has 1 aliphatic rings. The van der Waals surface area contributed by atoms with Crippen molar-refractivity contribution in [1.82, 2.24) is 0 Å². The number of nitriles is 2. The van der Waals surface area contributed by atoms with Crippen molar-refractivity contribution in [2.45, 2.75) is 25.7 Å². The summed E-state index contributed by atoms with van der Waals surface area (Å²) in [6.07, 6.45) is 2.81. The molecule has 0 aromatic heterocycles. The highest BCUT2D eigenvalue weighted by molar-refractivity contribution is 5.71. The Balaban J connectivity index is 2.20. The molecule has 0 saturated carbocycles. The molecular formula is C15H14N2O. The summed E-state index contributed by atoms with van der Waals surface area (Å²) in [6.45, 7) is 0.488. The number of hydrogen-bond donors (Lipinski definition) is 0. The summed E-state index contributed by atoms with van der Waals surface area (Å²) in [5.74, 6) is 0.706. The van der Waals surface area contributed by atoms with Crippen LogP contribution in [0, 0.1) is 22.7 Å². The van der Waals surface area contributed by atoms with Gasteiger partial charge in [-0.25, -0.2) is 0 Å². The summed E-state index contributed by atoms with van der Waals surface area (Å²) in [5.41, 5.74) is 2.97. The third-order valence-corrected chi connectivity index (χ3v) is 2.99. The number of allylic oxidation sites excluding steroid dienone is 1. The Morgan fingerprint density at radius 1 is 1.17 bits per heavy atom. The molecule has 0 spiro atoms. The Bertz CT molecular complexity index is 546. The number of benzene rings is 1. The third-order valence-electron chi connectivity index (χ3n) is 2.99. The largest absolute Gasteiger partial charge is 0.492 e. The van der Waals surface area contributed by atoms with Crippen LogP contribution in [0.3, 0.4) is 0 Å². The zero-order chi connectivity index (χ0) is 12.8. The van der Waals surface area contributed by atoms with Gasteiger partial charge in [-0.2, -0.15) is 10.5 Å². The van der Waals surface area contributed by atoms with E-state index in [-0.39, 0.29) is 0 Å². The number of unbranched alkanes of at least 4 members (excludes halogenated alkanes) is 1. The van der Waals surface area contributed by atoms with Crippen molar-refractivity contribution in [3.05, 3.63) is 41.0 Å². The molecule has 3 nitrogen and oxygen atoms in total. The minimum absolute atomic E-state index is 0.483. The summed E-state index contributed by atoms with van der Waals surface area (Å²) in [4.78, 5) is 0. The Hall–Kier alpha value is -2.26. The Labute approximate surface area is 107 Å². The molecule has 0 radical (unpaired) electrons. The van der Waals surface area contributed by atoms with Crippen molar-refractivity contribution in [1.29, 1.82) is 10.5 Å². The monoisotopic (exact) mass is 238 g/mol. The average Bonchev–Trinajstić information content (AvgIpc) is 2.43. The molecule has 0 bridgehead atoms. The summed E-state index contributed by atoms with van der Waals surface area (Å²) in [6, 6.07) is 12.3. The maximum atomic E-state index is 9.15. The Morgan fingerprint density at radius 3 is 2.78 bits per heavy atom. The SMILES string of the molecule is N#CCCCOC1=C(C#N)CCc2ccccc21. The van der Waals surface area contributed by atoms with Crippen LogP contribution in [0.4, 0.5) is 0 Å². The highest BCUT2D eigenvalue weighted by Gasteiger charge is 2.19. The van der Waals surface area contributed by atoms with E-state index in [1.807, 2.05) is 18.2 Å². The number of nitrogens with zero attached hydrogens (tertiary/aromatic N) is 2. The topological polar surface area (TPSA) is 56.8 Å². The molecule has 2 rings (SSSR count). The first kappa shape index (κ1) is 12.2. The second-order valence-electron chi connectivity index (χ2n) is 4.19. The first-order chi connectivity index (χ1) is 8.86. The van der Waals surface area contributed by atoms with Gasteiger partial charge in [0.05, 0.1) is 24.3 Å². The average molecular weight is 238 g/mol. The standard InChI is InChI=1S/C15H14N2O/c16-9-3-4-10-18-15-13(11-17)8-7-12-5-1-2-6-14(12)15/h1-2,5-6H,3-4,7-8,10H2. The molecule has 1 aromatic carbocycles. The molecule has 18 heavy (non-hydrogen) atoms. The van der Waals surface area contributed by atoms with Crippen LogP contribution in [-0.2, 0) is 11.2 Å². The fourth-order valence-corrected chi connectivity index (χ4v) is 2.09. The molecule has 0 N–H and O–H groups in total. The van der Waals surface area contributed by atoms with Crippen LogP contribution in [0.5, 0.6) is 0 Å². The van der Waals surface area contributed by atoms with E-state index in [2.05, 4.69) is 18.2 Å². The van der Waals surface area contributed by atoms with Gasteiger partial charge >= 0.3 is 0 Å². The molecule has 1 aromatic rings. The molecule has 0 atom stereocenters. The lowest BCUT2D eigenvalue weighted by Crippen LogP contribution is -2.07. The number of ether oxygens (including phenoxy) is 1. The van der Waals surface area contributed by atoms with Crippen molar-refractivity contribution < 1.29 is 4.74 Å². The lowest BCUT2D eigenvalue weighted by atomic mass is 9.91. The molecule has 0 unspecified atom stereocenters. The summed E-state index contributed by atoms with van der Waals surface area (Å²) < 4.78 is 5.72. The van der Waals surface area contributed by atoms with Gasteiger partial charge in [-0.3, -0.25) is 0 Å². The van der Waals surface area contributed by atoms with Crippen molar-refractivity contribution in [3.8, 4) is 12.1 Å². The van der Waals surface area contributed by atoms with Crippen LogP contribution < -0.4 is 0 Å². The highest BCUT2D eigenvalue weighted by Crippen LogP contribution is 2.31. The minimum atomic E-state index is 0.483. The van der Waals surface area contributed by atoms with Crippen molar-refractivity contribution in [2.75, 3.05) is 6.61 Å². The van der Waals surface area contributed by atoms with Crippen LogP contribution in [-0.4, -0.2) is 6.61 Å². The molecule has 0 saturated heterocycles. The van der Waals surface area contributed by atoms with Crippen molar-refractivity contribution in [2.24, 2.45) is 0 Å². The van der Waals surface area contributed by atoms with Gasteiger partial charge in [0.2, 0.25) is 0 Å². The fourth-order valence-electron chi connectivity index (χ4n) is 2.09. The number of fused-ring (bicyclic) bond motifs is 1. The van der Waals surface area contributed by atoms with Gasteiger partial charge in [-0.05, 0) is 24.8 Å². The van der Waals surface area contributed by atoms with Crippen molar-refractivity contribution in [3.63, 3.8) is 0 Å². The second-order valence-corrected chi connectivity index (χ2v) is 4.19. The zero-order valence-electron chi connectivity index (χ0n) is 10.1. The molecule has 90 valence electrons. The second kappa shape index (κ2) is 5.89. The van der Waals surface area contributed by atoms with E-state index in [1.165, 1.54) is 5.56 Å². The van der Waals surface area contributed by atoms with Crippen LogP contribution in [0.1, 0.15) is 30.4 Å². The molecule has 1 aliphatic carbocycles. The molecule has 0 aliphatic heterocycles. The highest BCUT2D eigenvalue weighted by atomic mass is 16.5. The van der Waals surface area contributed by atoms with E-state index < -0.39 is 0 Å². The molecule has 0 amide bonds. The summed E-state index contributed by atoms with van der Waals surface area (Å²) >= 11 is 0. The quantitative estimate of drug-likeness (QED) is 0.757. The Morgan fingerprint density at radius 2 is 2.00 bits per heavy atom. The predicted molar refractivity (Wildman–Crippen MR) is 68.1 cm³/mol. The number of aryl methyl sites for hydroxylation is 1. The van der Waals surface area contributed by atoms with Crippen LogP contribution >= 0.6 is 0 Å². The molecular weight excluding hydrogens is 224 g/mol. The van der Waals surface area contributed by atoms with Gasteiger partial charge in [-0.15, -0.1) is 0 Å². The van der Waals surface area contributed by atoms with Gasteiger partial charge < -0.3 is 4.74 Å². The van der Waals surface area contributed by atoms with Gasteiger partial charge in [0.1, 0.15) is 5.76 Å². The Kier molecular flexibility index (Phi) is 3.99. The third kappa shape index (κ3) is 2.52.